The molecule has 0 fully saturated rings. The SMILES string of the molecule is CN=C(NCC(C)(C)C)N(C)Cc1cc(Cl)cn1C.I. The Kier molecular flexibility index (Phi) is 7.95. The molecule has 0 spiro atoms. The van der Waals surface area contributed by atoms with Crippen LogP contribution >= 0.6 is 35.6 Å². The zero-order valence-electron chi connectivity index (χ0n) is 13.2. The molecular weight excluding hydrogens is 387 g/mol. The molecule has 1 heterocycles. The van der Waals surface area contributed by atoms with Gasteiger partial charge >= 0.3 is 0 Å². The van der Waals surface area contributed by atoms with E-state index in [0.29, 0.717) is 0 Å². The third-order valence-electron chi connectivity index (χ3n) is 2.82. The van der Waals surface area contributed by atoms with Crippen molar-refractivity contribution in [3.05, 3.63) is 23.0 Å². The molecule has 0 atom stereocenters. The van der Waals surface area contributed by atoms with Crippen LogP contribution in [-0.2, 0) is 13.6 Å². The monoisotopic (exact) mass is 412 g/mol. The molecule has 0 unspecified atom stereocenters. The summed E-state index contributed by atoms with van der Waals surface area (Å²) in [6.07, 6.45) is 1.91. The Morgan fingerprint density at radius 2 is 2.05 bits per heavy atom. The molecule has 0 aromatic carbocycles. The minimum Gasteiger partial charge on any atom is -0.356 e. The van der Waals surface area contributed by atoms with Gasteiger partial charge in [0.1, 0.15) is 0 Å². The zero-order chi connectivity index (χ0) is 14.6. The van der Waals surface area contributed by atoms with Crippen LogP contribution in [0.4, 0.5) is 0 Å². The third kappa shape index (κ3) is 6.35. The van der Waals surface area contributed by atoms with Gasteiger partial charge in [0.05, 0.1) is 11.6 Å². The van der Waals surface area contributed by atoms with Crippen molar-refractivity contribution in [2.75, 3.05) is 20.6 Å². The topological polar surface area (TPSA) is 32.6 Å². The van der Waals surface area contributed by atoms with E-state index in [1.807, 2.05) is 30.9 Å². The van der Waals surface area contributed by atoms with Crippen LogP contribution in [-0.4, -0.2) is 36.1 Å². The van der Waals surface area contributed by atoms with E-state index in [1.165, 1.54) is 0 Å². The standard InChI is InChI=1S/C14H25ClN4.HI/c1-14(2,3)10-17-13(16-4)19(6)9-12-7-11(15)8-18(12)5;/h7-8H,9-10H2,1-6H3,(H,16,17);1H. The molecule has 6 heteroatoms. The molecule has 1 N–H and O–H groups in total. The molecule has 0 aliphatic rings. The summed E-state index contributed by atoms with van der Waals surface area (Å²) < 4.78 is 2.04. The Morgan fingerprint density at radius 3 is 2.45 bits per heavy atom. The summed E-state index contributed by atoms with van der Waals surface area (Å²) in [5, 5.41) is 4.16. The van der Waals surface area contributed by atoms with Crippen LogP contribution in [0.2, 0.25) is 5.02 Å². The summed E-state index contributed by atoms with van der Waals surface area (Å²) in [6.45, 7) is 8.25. The molecule has 4 nitrogen and oxygen atoms in total. The number of hydrogen-bond acceptors (Lipinski definition) is 1. The van der Waals surface area contributed by atoms with Crippen LogP contribution < -0.4 is 5.32 Å². The van der Waals surface area contributed by atoms with Crippen LogP contribution in [0, 0.1) is 5.41 Å². The lowest BCUT2D eigenvalue weighted by Crippen LogP contribution is -2.42. The van der Waals surface area contributed by atoms with Gasteiger partial charge in [0, 0.05) is 39.6 Å². The predicted octanol–water partition coefficient (Wildman–Crippen LogP) is 3.35. The first kappa shape index (κ1) is 19.6. The molecule has 0 aliphatic heterocycles. The Balaban J connectivity index is 0.00000361. The second kappa shape index (κ2) is 8.12. The molecule has 1 rings (SSSR count). The molecule has 20 heavy (non-hydrogen) atoms. The normalized spacial score (nSPS) is 12.1. The van der Waals surface area contributed by atoms with Gasteiger partial charge < -0.3 is 14.8 Å². The average molecular weight is 413 g/mol. The summed E-state index contributed by atoms with van der Waals surface area (Å²) in [5.41, 5.74) is 1.39. The summed E-state index contributed by atoms with van der Waals surface area (Å²) >= 11 is 6.00. The molecule has 116 valence electrons. The number of nitrogens with zero attached hydrogens (tertiary/aromatic N) is 3. The lowest BCUT2D eigenvalue weighted by Gasteiger charge is -2.26. The van der Waals surface area contributed by atoms with E-state index in [1.54, 1.807) is 7.05 Å². The summed E-state index contributed by atoms with van der Waals surface area (Å²) in [7, 11) is 5.83. The van der Waals surface area contributed by atoms with Crippen molar-refractivity contribution >= 4 is 41.5 Å². The van der Waals surface area contributed by atoms with Crippen LogP contribution in [0.15, 0.2) is 17.3 Å². The molecule has 0 amide bonds. The second-order valence-corrected chi connectivity index (χ2v) is 6.51. The van der Waals surface area contributed by atoms with Gasteiger partial charge in [-0.3, -0.25) is 4.99 Å². The summed E-state index contributed by atoms with van der Waals surface area (Å²) in [4.78, 5) is 6.41. The number of hydrogen-bond donors (Lipinski definition) is 1. The summed E-state index contributed by atoms with van der Waals surface area (Å²) in [6, 6.07) is 1.98. The highest BCUT2D eigenvalue weighted by atomic mass is 127. The number of guanidine groups is 1. The van der Waals surface area contributed by atoms with Crippen LogP contribution in [0.1, 0.15) is 26.5 Å². The summed E-state index contributed by atoms with van der Waals surface area (Å²) in [5.74, 6) is 0.896. The lowest BCUT2D eigenvalue weighted by atomic mass is 9.97. The Labute approximate surface area is 144 Å². The molecular formula is C14H26ClIN4. The number of aliphatic imine (C=N–C) groups is 1. The zero-order valence-corrected chi connectivity index (χ0v) is 16.3. The molecule has 1 aromatic heterocycles. The smallest absolute Gasteiger partial charge is 0.193 e. The van der Waals surface area contributed by atoms with E-state index < -0.39 is 0 Å². The highest BCUT2D eigenvalue weighted by Gasteiger charge is 2.14. The number of aromatic nitrogens is 1. The van der Waals surface area contributed by atoms with Crippen LogP contribution in [0.5, 0.6) is 0 Å². The van der Waals surface area contributed by atoms with Crippen molar-refractivity contribution in [3.63, 3.8) is 0 Å². The van der Waals surface area contributed by atoms with Crippen molar-refractivity contribution in [1.82, 2.24) is 14.8 Å². The van der Waals surface area contributed by atoms with Gasteiger partial charge in [-0.05, 0) is 11.5 Å². The van der Waals surface area contributed by atoms with Crippen molar-refractivity contribution < 1.29 is 0 Å². The number of rotatable bonds is 3. The molecule has 0 saturated heterocycles. The average Bonchev–Trinajstić information content (AvgIpc) is 2.56. The highest BCUT2D eigenvalue weighted by Crippen LogP contribution is 2.14. The first-order valence-corrected chi connectivity index (χ1v) is 6.83. The molecule has 0 radical (unpaired) electrons. The van der Waals surface area contributed by atoms with Crippen molar-refractivity contribution in [1.29, 1.82) is 0 Å². The molecule has 0 bridgehead atoms. The number of nitrogens with one attached hydrogen (secondary N) is 1. The fourth-order valence-corrected chi connectivity index (χ4v) is 2.04. The van der Waals surface area contributed by atoms with E-state index in [4.69, 9.17) is 11.6 Å². The minimum atomic E-state index is 0. The van der Waals surface area contributed by atoms with Gasteiger partial charge in [0.15, 0.2) is 5.96 Å². The van der Waals surface area contributed by atoms with E-state index in [9.17, 15) is 0 Å². The maximum atomic E-state index is 6.00. The third-order valence-corrected chi connectivity index (χ3v) is 3.03. The first-order chi connectivity index (χ1) is 8.73. The molecule has 0 aliphatic carbocycles. The Bertz CT molecular complexity index is 449. The van der Waals surface area contributed by atoms with E-state index in [0.717, 1.165) is 29.8 Å². The van der Waals surface area contributed by atoms with Crippen LogP contribution in [0.25, 0.3) is 0 Å². The van der Waals surface area contributed by atoms with Crippen molar-refractivity contribution in [2.24, 2.45) is 17.5 Å². The van der Waals surface area contributed by atoms with Gasteiger partial charge in [-0.15, -0.1) is 24.0 Å². The van der Waals surface area contributed by atoms with Gasteiger partial charge in [-0.25, -0.2) is 0 Å². The Hall–Kier alpha value is -0.430. The van der Waals surface area contributed by atoms with Crippen LogP contribution in [0.3, 0.4) is 0 Å². The highest BCUT2D eigenvalue weighted by molar-refractivity contribution is 14.0. The molecule has 0 saturated carbocycles. The molecule has 1 aromatic rings. The first-order valence-electron chi connectivity index (χ1n) is 6.45. The van der Waals surface area contributed by atoms with E-state index in [2.05, 4.69) is 36.0 Å². The van der Waals surface area contributed by atoms with Gasteiger partial charge in [0.25, 0.3) is 0 Å². The second-order valence-electron chi connectivity index (χ2n) is 6.08. The maximum Gasteiger partial charge on any atom is 0.193 e. The minimum absolute atomic E-state index is 0. The fraction of sp³-hybridized carbons (Fsp3) is 0.643. The van der Waals surface area contributed by atoms with Gasteiger partial charge in [-0.2, -0.15) is 0 Å². The quantitative estimate of drug-likeness (QED) is 0.469. The van der Waals surface area contributed by atoms with E-state index >= 15 is 0 Å². The maximum absolute atomic E-state index is 6.00. The Morgan fingerprint density at radius 1 is 1.45 bits per heavy atom. The van der Waals surface area contributed by atoms with E-state index in [-0.39, 0.29) is 29.4 Å². The predicted molar refractivity (Wildman–Crippen MR) is 98.1 cm³/mol. The lowest BCUT2D eigenvalue weighted by molar-refractivity contribution is 0.387. The number of aryl methyl sites for hydroxylation is 1. The van der Waals surface area contributed by atoms with Gasteiger partial charge in [-0.1, -0.05) is 32.4 Å². The number of halogens is 2. The fourth-order valence-electron chi connectivity index (χ4n) is 1.77. The van der Waals surface area contributed by atoms with Gasteiger partial charge in [0.2, 0.25) is 0 Å². The van der Waals surface area contributed by atoms with Crippen molar-refractivity contribution in [3.8, 4) is 0 Å². The largest absolute Gasteiger partial charge is 0.356 e. The van der Waals surface area contributed by atoms with Crippen molar-refractivity contribution in [2.45, 2.75) is 27.3 Å².